The molecule has 3 aromatic heterocycles. The van der Waals surface area contributed by atoms with Crippen molar-refractivity contribution in [2.24, 2.45) is 0 Å². The fraction of sp³-hybridized carbons (Fsp3) is 0.231. The molecule has 1 atom stereocenters. The summed E-state index contributed by atoms with van der Waals surface area (Å²) in [6.07, 6.45) is 3.77. The highest BCUT2D eigenvalue weighted by atomic mass is 32.1. The number of carbonyl (C=O) groups is 1. The fourth-order valence-electron chi connectivity index (χ4n) is 2.78. The number of aliphatic carboxylic acids is 1. The van der Waals surface area contributed by atoms with Crippen LogP contribution in [0, 0.1) is 0 Å². The normalized spacial score (nSPS) is 17.9. The zero-order valence-electron chi connectivity index (χ0n) is 10.9. The van der Waals surface area contributed by atoms with Crippen LogP contribution in [0.25, 0.3) is 11.2 Å². The van der Waals surface area contributed by atoms with Crippen molar-refractivity contribution in [1.82, 2.24) is 19.9 Å². The van der Waals surface area contributed by atoms with Crippen molar-refractivity contribution >= 4 is 34.3 Å². The molecule has 0 saturated carbocycles. The molecule has 0 aromatic carbocycles. The number of carboxylic acid groups (broad SMARTS) is 1. The number of nitrogens with one attached hydrogen (secondary N) is 1. The van der Waals surface area contributed by atoms with E-state index in [1.807, 2.05) is 11.4 Å². The minimum absolute atomic E-state index is 0.542. The SMILES string of the molecule is O=C(O)C1c2ccsc2CCN1c1ncnc2nc[nH]c12. The van der Waals surface area contributed by atoms with Gasteiger partial charge in [-0.1, -0.05) is 0 Å². The third-order valence-corrected chi connectivity index (χ3v) is 4.67. The van der Waals surface area contributed by atoms with Gasteiger partial charge in [-0.15, -0.1) is 11.3 Å². The van der Waals surface area contributed by atoms with Crippen LogP contribution in [-0.4, -0.2) is 37.6 Å². The van der Waals surface area contributed by atoms with Crippen molar-refractivity contribution in [3.05, 3.63) is 34.5 Å². The first-order chi connectivity index (χ1) is 10.3. The second-order valence-electron chi connectivity index (χ2n) is 4.78. The molecule has 4 rings (SSSR count). The summed E-state index contributed by atoms with van der Waals surface area (Å²) in [5.74, 6) is -0.289. The van der Waals surface area contributed by atoms with E-state index in [4.69, 9.17) is 0 Å². The monoisotopic (exact) mass is 301 g/mol. The molecule has 3 aromatic rings. The molecule has 0 aliphatic carbocycles. The van der Waals surface area contributed by atoms with Crippen LogP contribution in [0.15, 0.2) is 24.1 Å². The molecular formula is C13H11N5O2S. The molecule has 0 amide bonds. The predicted octanol–water partition coefficient (Wildman–Crippen LogP) is 1.60. The number of H-pyrrole nitrogens is 1. The number of anilines is 1. The summed E-state index contributed by atoms with van der Waals surface area (Å²) in [6.45, 7) is 0.607. The Labute approximate surface area is 123 Å². The summed E-state index contributed by atoms with van der Waals surface area (Å²) in [7, 11) is 0. The average Bonchev–Trinajstić information content (AvgIpc) is 3.13. The van der Waals surface area contributed by atoms with Crippen LogP contribution >= 0.6 is 11.3 Å². The number of hydrogen-bond acceptors (Lipinski definition) is 6. The second-order valence-corrected chi connectivity index (χ2v) is 5.78. The van der Waals surface area contributed by atoms with E-state index < -0.39 is 12.0 Å². The van der Waals surface area contributed by atoms with Crippen molar-refractivity contribution in [1.29, 1.82) is 0 Å². The molecule has 2 N–H and O–H groups in total. The molecule has 8 heteroatoms. The van der Waals surface area contributed by atoms with Crippen molar-refractivity contribution in [2.75, 3.05) is 11.4 Å². The van der Waals surface area contributed by atoms with E-state index in [1.54, 1.807) is 22.6 Å². The molecule has 1 aliphatic rings. The van der Waals surface area contributed by atoms with Gasteiger partial charge in [0.05, 0.1) is 6.33 Å². The number of nitrogens with zero attached hydrogens (tertiary/aromatic N) is 4. The van der Waals surface area contributed by atoms with E-state index in [1.165, 1.54) is 6.33 Å². The number of aromatic nitrogens is 4. The highest BCUT2D eigenvalue weighted by Crippen LogP contribution is 2.37. The molecule has 0 saturated heterocycles. The largest absolute Gasteiger partial charge is 0.479 e. The Kier molecular flexibility index (Phi) is 2.64. The van der Waals surface area contributed by atoms with Gasteiger partial charge in [-0.3, -0.25) is 0 Å². The summed E-state index contributed by atoms with van der Waals surface area (Å²) in [5.41, 5.74) is 2.06. The smallest absolute Gasteiger partial charge is 0.331 e. The van der Waals surface area contributed by atoms with Crippen LogP contribution in [0.2, 0.25) is 0 Å². The lowest BCUT2D eigenvalue weighted by molar-refractivity contribution is -0.138. The lowest BCUT2D eigenvalue weighted by Gasteiger charge is -2.34. The summed E-state index contributed by atoms with van der Waals surface area (Å²) in [6, 6.07) is 1.16. The standard InChI is InChI=1S/C13H11N5O2S/c19-13(20)10-7-2-4-21-8(7)1-3-18(10)12-9-11(15-5-14-9)16-6-17-12/h2,4-6,10H,1,3H2,(H,19,20)(H,14,15,16,17). The van der Waals surface area contributed by atoms with Gasteiger partial charge in [0, 0.05) is 11.4 Å². The number of carboxylic acids is 1. The van der Waals surface area contributed by atoms with E-state index in [0.29, 0.717) is 23.5 Å². The molecule has 106 valence electrons. The molecular weight excluding hydrogens is 290 g/mol. The van der Waals surface area contributed by atoms with E-state index in [-0.39, 0.29) is 0 Å². The molecule has 7 nitrogen and oxygen atoms in total. The minimum Gasteiger partial charge on any atom is -0.479 e. The molecule has 1 aliphatic heterocycles. The lowest BCUT2D eigenvalue weighted by atomic mass is 10.00. The first kappa shape index (κ1) is 12.3. The van der Waals surface area contributed by atoms with Gasteiger partial charge in [0.1, 0.15) is 11.8 Å². The van der Waals surface area contributed by atoms with Crippen LogP contribution in [0.5, 0.6) is 0 Å². The van der Waals surface area contributed by atoms with Crippen LogP contribution in [0.3, 0.4) is 0 Å². The Bertz CT molecular complexity index is 827. The quantitative estimate of drug-likeness (QED) is 0.746. The highest BCUT2D eigenvalue weighted by Gasteiger charge is 2.35. The molecule has 4 heterocycles. The number of hydrogen-bond donors (Lipinski definition) is 2. The van der Waals surface area contributed by atoms with E-state index in [0.717, 1.165) is 16.9 Å². The zero-order valence-corrected chi connectivity index (χ0v) is 11.7. The molecule has 0 fully saturated rings. The topological polar surface area (TPSA) is 95.0 Å². The van der Waals surface area contributed by atoms with E-state index in [2.05, 4.69) is 19.9 Å². The average molecular weight is 301 g/mol. The van der Waals surface area contributed by atoms with E-state index in [9.17, 15) is 9.90 Å². The van der Waals surface area contributed by atoms with Gasteiger partial charge in [0.25, 0.3) is 0 Å². The van der Waals surface area contributed by atoms with Gasteiger partial charge in [-0.2, -0.15) is 0 Å². The Hall–Kier alpha value is -2.48. The van der Waals surface area contributed by atoms with Crippen molar-refractivity contribution in [3.8, 4) is 0 Å². The van der Waals surface area contributed by atoms with Gasteiger partial charge in [-0.05, 0) is 23.4 Å². The molecule has 0 bridgehead atoms. The number of thiophene rings is 1. The van der Waals surface area contributed by atoms with Crippen molar-refractivity contribution < 1.29 is 9.90 Å². The van der Waals surface area contributed by atoms with Gasteiger partial charge in [0.2, 0.25) is 0 Å². The molecule has 0 spiro atoms. The summed E-state index contributed by atoms with van der Waals surface area (Å²) < 4.78 is 0. The Balaban J connectivity index is 1.88. The maximum Gasteiger partial charge on any atom is 0.331 e. The Morgan fingerprint density at radius 1 is 1.43 bits per heavy atom. The van der Waals surface area contributed by atoms with Crippen molar-refractivity contribution in [3.63, 3.8) is 0 Å². The zero-order chi connectivity index (χ0) is 14.4. The maximum atomic E-state index is 11.8. The first-order valence-corrected chi connectivity index (χ1v) is 7.33. The maximum absolute atomic E-state index is 11.8. The highest BCUT2D eigenvalue weighted by molar-refractivity contribution is 7.10. The van der Waals surface area contributed by atoms with Crippen LogP contribution < -0.4 is 4.90 Å². The predicted molar refractivity (Wildman–Crippen MR) is 77.4 cm³/mol. The third kappa shape index (κ3) is 1.79. The van der Waals surface area contributed by atoms with Crippen molar-refractivity contribution in [2.45, 2.75) is 12.5 Å². The fourth-order valence-corrected chi connectivity index (χ4v) is 3.68. The van der Waals surface area contributed by atoms with Crippen LogP contribution in [-0.2, 0) is 11.2 Å². The summed E-state index contributed by atoms with van der Waals surface area (Å²) >= 11 is 1.61. The third-order valence-electron chi connectivity index (χ3n) is 3.67. The summed E-state index contributed by atoms with van der Waals surface area (Å²) in [4.78, 5) is 30.2. The van der Waals surface area contributed by atoms with Crippen LogP contribution in [0.4, 0.5) is 5.82 Å². The minimum atomic E-state index is -0.874. The number of imidazole rings is 1. The van der Waals surface area contributed by atoms with Crippen LogP contribution in [0.1, 0.15) is 16.5 Å². The Morgan fingerprint density at radius 3 is 3.19 bits per heavy atom. The number of aromatic amines is 1. The summed E-state index contributed by atoms with van der Waals surface area (Å²) in [5, 5.41) is 11.6. The molecule has 21 heavy (non-hydrogen) atoms. The van der Waals surface area contributed by atoms with Gasteiger partial charge >= 0.3 is 5.97 Å². The second kappa shape index (κ2) is 4.52. The number of fused-ring (bicyclic) bond motifs is 2. The Morgan fingerprint density at radius 2 is 2.33 bits per heavy atom. The first-order valence-electron chi connectivity index (χ1n) is 6.45. The van der Waals surface area contributed by atoms with Gasteiger partial charge < -0.3 is 15.0 Å². The number of rotatable bonds is 2. The molecule has 0 radical (unpaired) electrons. The van der Waals surface area contributed by atoms with E-state index >= 15 is 0 Å². The van der Waals surface area contributed by atoms with Gasteiger partial charge in [-0.25, -0.2) is 19.7 Å². The molecule has 1 unspecified atom stereocenters. The lowest BCUT2D eigenvalue weighted by Crippen LogP contribution is -2.39. The van der Waals surface area contributed by atoms with Gasteiger partial charge in [0.15, 0.2) is 17.5 Å².